The molecule has 29 heavy (non-hydrogen) atoms. The molecule has 8 nitrogen and oxygen atoms in total. The van der Waals surface area contributed by atoms with E-state index in [1.54, 1.807) is 39.8 Å². The van der Waals surface area contributed by atoms with Crippen LogP contribution in [-0.2, 0) is 25.7 Å². The van der Waals surface area contributed by atoms with Crippen molar-refractivity contribution in [3.05, 3.63) is 35.9 Å². The van der Waals surface area contributed by atoms with E-state index in [2.05, 4.69) is 10.6 Å². The molecule has 162 valence electrons. The van der Waals surface area contributed by atoms with Crippen molar-refractivity contribution in [1.82, 2.24) is 10.6 Å². The number of carbonyl (C=O) groups excluding carboxylic acids is 3. The van der Waals surface area contributed by atoms with Gasteiger partial charge in [-0.3, -0.25) is 4.79 Å². The fourth-order valence-electron chi connectivity index (χ4n) is 2.85. The molecule has 1 aromatic carbocycles. The summed E-state index contributed by atoms with van der Waals surface area (Å²) in [6.07, 6.45) is -0.413. The van der Waals surface area contributed by atoms with E-state index >= 15 is 0 Å². The van der Waals surface area contributed by atoms with Crippen LogP contribution in [0.4, 0.5) is 4.79 Å². The predicted molar refractivity (Wildman–Crippen MR) is 108 cm³/mol. The summed E-state index contributed by atoms with van der Waals surface area (Å²) in [7, 11) is 1.23. The van der Waals surface area contributed by atoms with Crippen LogP contribution in [-0.4, -0.2) is 47.9 Å². The molecular formula is C21H32N2O6. The van der Waals surface area contributed by atoms with E-state index < -0.39 is 35.7 Å². The van der Waals surface area contributed by atoms with Crippen molar-refractivity contribution in [2.45, 2.75) is 64.8 Å². The first-order valence-corrected chi connectivity index (χ1v) is 9.76. The number of ether oxygens (including phenoxy) is 2. The zero-order valence-corrected chi connectivity index (χ0v) is 17.7. The van der Waals surface area contributed by atoms with Gasteiger partial charge in [0.15, 0.2) is 0 Å². The highest BCUT2D eigenvalue weighted by atomic mass is 16.5. The number of benzene rings is 1. The Balaban J connectivity index is 2.94. The van der Waals surface area contributed by atoms with E-state index in [-0.39, 0.29) is 25.4 Å². The monoisotopic (exact) mass is 408 g/mol. The summed E-state index contributed by atoms with van der Waals surface area (Å²) in [4.78, 5) is 37.2. The van der Waals surface area contributed by atoms with Crippen LogP contribution in [0, 0.1) is 5.92 Å². The molecule has 2 amide bonds. The third-order valence-electron chi connectivity index (χ3n) is 4.92. The number of alkyl carbamates (subject to hydrolysis) is 1. The van der Waals surface area contributed by atoms with Crippen molar-refractivity contribution in [2.75, 3.05) is 7.11 Å². The van der Waals surface area contributed by atoms with Crippen LogP contribution in [0.5, 0.6) is 0 Å². The zero-order valence-electron chi connectivity index (χ0n) is 17.7. The van der Waals surface area contributed by atoms with Gasteiger partial charge in [0.2, 0.25) is 5.91 Å². The molecule has 0 bridgehead atoms. The predicted octanol–water partition coefficient (Wildman–Crippen LogP) is 2.15. The number of nitrogens with one attached hydrogen (secondary N) is 2. The third-order valence-corrected chi connectivity index (χ3v) is 4.92. The maximum atomic E-state index is 12.9. The Morgan fingerprint density at radius 2 is 1.66 bits per heavy atom. The largest absolute Gasteiger partial charge is 0.467 e. The molecule has 0 fully saturated rings. The second-order valence-corrected chi connectivity index (χ2v) is 7.20. The number of amides is 2. The van der Waals surface area contributed by atoms with Crippen molar-refractivity contribution < 1.29 is 29.0 Å². The highest BCUT2D eigenvalue weighted by molar-refractivity contribution is 5.90. The van der Waals surface area contributed by atoms with Gasteiger partial charge in [-0.25, -0.2) is 9.59 Å². The SMILES string of the molecule is CCC(O)(CC)[C@@H](NC(=O)OCc1ccccc1)C(=O)N[C@H](C(=O)OC)C(C)C. The van der Waals surface area contributed by atoms with E-state index in [1.807, 2.05) is 18.2 Å². The van der Waals surface area contributed by atoms with Crippen LogP contribution in [0.3, 0.4) is 0 Å². The quantitative estimate of drug-likeness (QED) is 0.511. The smallest absolute Gasteiger partial charge is 0.408 e. The van der Waals surface area contributed by atoms with E-state index in [1.165, 1.54) is 7.11 Å². The Hall–Kier alpha value is -2.61. The fraction of sp³-hybridized carbons (Fsp3) is 0.571. The number of methoxy groups -OCH3 is 1. The number of hydrogen-bond donors (Lipinski definition) is 3. The van der Waals surface area contributed by atoms with Gasteiger partial charge in [-0.15, -0.1) is 0 Å². The normalized spacial score (nSPS) is 13.3. The van der Waals surface area contributed by atoms with Crippen LogP contribution in [0.15, 0.2) is 30.3 Å². The van der Waals surface area contributed by atoms with E-state index in [9.17, 15) is 19.5 Å². The Morgan fingerprint density at radius 3 is 2.14 bits per heavy atom. The first kappa shape index (κ1) is 24.4. The second-order valence-electron chi connectivity index (χ2n) is 7.20. The molecule has 0 radical (unpaired) electrons. The Kier molecular flexibility index (Phi) is 9.61. The number of aliphatic hydroxyl groups is 1. The van der Waals surface area contributed by atoms with Gasteiger partial charge in [-0.2, -0.15) is 0 Å². The molecule has 0 aliphatic carbocycles. The Morgan fingerprint density at radius 1 is 1.07 bits per heavy atom. The summed E-state index contributed by atoms with van der Waals surface area (Å²) in [6.45, 7) is 6.95. The van der Waals surface area contributed by atoms with Gasteiger partial charge < -0.3 is 25.2 Å². The van der Waals surface area contributed by atoms with Crippen LogP contribution in [0.2, 0.25) is 0 Å². The standard InChI is InChI=1S/C21H32N2O6/c1-6-21(27,7-2)17(18(24)22-16(14(3)4)19(25)28-5)23-20(26)29-13-15-11-9-8-10-12-15/h8-12,14,16-17,27H,6-7,13H2,1-5H3,(H,22,24)(H,23,26)/t16-,17-/m0/s1. The summed E-state index contributed by atoms with van der Waals surface area (Å²) < 4.78 is 9.91. The maximum Gasteiger partial charge on any atom is 0.408 e. The van der Waals surface area contributed by atoms with Crippen molar-refractivity contribution in [3.63, 3.8) is 0 Å². The van der Waals surface area contributed by atoms with Gasteiger partial charge in [0.05, 0.1) is 12.7 Å². The lowest BCUT2D eigenvalue weighted by atomic mass is 9.87. The van der Waals surface area contributed by atoms with Crippen LogP contribution in [0.25, 0.3) is 0 Å². The Bertz CT molecular complexity index is 673. The molecule has 2 atom stereocenters. The summed E-state index contributed by atoms with van der Waals surface area (Å²) in [6, 6.07) is 6.88. The lowest BCUT2D eigenvalue weighted by molar-refractivity contribution is -0.147. The maximum absolute atomic E-state index is 12.9. The molecule has 0 saturated heterocycles. The van der Waals surface area contributed by atoms with Crippen molar-refractivity contribution in [2.24, 2.45) is 5.92 Å². The molecule has 0 aromatic heterocycles. The Labute approximate surface area is 172 Å². The van der Waals surface area contributed by atoms with E-state index in [0.717, 1.165) is 5.56 Å². The minimum absolute atomic E-state index is 0.0223. The fourth-order valence-corrected chi connectivity index (χ4v) is 2.85. The van der Waals surface area contributed by atoms with Crippen molar-refractivity contribution >= 4 is 18.0 Å². The molecule has 3 N–H and O–H groups in total. The molecule has 0 saturated carbocycles. The molecule has 0 heterocycles. The van der Waals surface area contributed by atoms with Gasteiger partial charge in [0, 0.05) is 0 Å². The highest BCUT2D eigenvalue weighted by Gasteiger charge is 2.42. The molecule has 1 rings (SSSR count). The number of hydrogen-bond acceptors (Lipinski definition) is 6. The molecule has 0 spiro atoms. The van der Waals surface area contributed by atoms with E-state index in [4.69, 9.17) is 9.47 Å². The number of esters is 1. The molecule has 1 aromatic rings. The van der Waals surface area contributed by atoms with Crippen LogP contribution < -0.4 is 10.6 Å². The molecule has 0 aliphatic rings. The van der Waals surface area contributed by atoms with Gasteiger partial charge in [-0.05, 0) is 24.3 Å². The average molecular weight is 408 g/mol. The van der Waals surface area contributed by atoms with Crippen LogP contribution in [0.1, 0.15) is 46.1 Å². The molecule has 8 heteroatoms. The van der Waals surface area contributed by atoms with Gasteiger partial charge in [-0.1, -0.05) is 58.0 Å². The van der Waals surface area contributed by atoms with Gasteiger partial charge in [0.1, 0.15) is 18.7 Å². The summed E-state index contributed by atoms with van der Waals surface area (Å²) in [5.74, 6) is -1.53. The summed E-state index contributed by atoms with van der Waals surface area (Å²) >= 11 is 0. The van der Waals surface area contributed by atoms with Crippen LogP contribution >= 0.6 is 0 Å². The molecular weight excluding hydrogens is 376 g/mol. The van der Waals surface area contributed by atoms with E-state index in [0.29, 0.717) is 0 Å². The topological polar surface area (TPSA) is 114 Å². The minimum Gasteiger partial charge on any atom is -0.467 e. The first-order chi connectivity index (χ1) is 13.7. The lowest BCUT2D eigenvalue weighted by Gasteiger charge is -2.35. The average Bonchev–Trinajstić information content (AvgIpc) is 2.73. The summed E-state index contributed by atoms with van der Waals surface area (Å²) in [5.41, 5.74) is -0.719. The second kappa shape index (κ2) is 11.4. The highest BCUT2D eigenvalue weighted by Crippen LogP contribution is 2.21. The number of rotatable bonds is 10. The van der Waals surface area contributed by atoms with Crippen molar-refractivity contribution in [1.29, 1.82) is 0 Å². The molecule has 0 aliphatic heterocycles. The zero-order chi connectivity index (χ0) is 22.0. The van der Waals surface area contributed by atoms with Crippen molar-refractivity contribution in [3.8, 4) is 0 Å². The summed E-state index contributed by atoms with van der Waals surface area (Å²) in [5, 5.41) is 15.9. The third kappa shape index (κ3) is 7.05. The first-order valence-electron chi connectivity index (χ1n) is 9.76. The lowest BCUT2D eigenvalue weighted by Crippen LogP contribution is -2.62. The number of carbonyl (C=O) groups is 3. The van der Waals surface area contributed by atoms with Gasteiger partial charge >= 0.3 is 12.1 Å². The molecule has 0 unspecified atom stereocenters. The minimum atomic E-state index is -1.51. The van der Waals surface area contributed by atoms with Gasteiger partial charge in [0.25, 0.3) is 0 Å².